The third kappa shape index (κ3) is 15.5. The fourth-order valence-corrected chi connectivity index (χ4v) is 7.99. The number of halogens is 1. The second-order valence-electron chi connectivity index (χ2n) is 20.5. The molecule has 2 atom stereocenters. The van der Waals surface area contributed by atoms with Gasteiger partial charge in [0.15, 0.2) is 5.69 Å². The summed E-state index contributed by atoms with van der Waals surface area (Å²) in [4.78, 5) is 44.8. The maximum absolute atomic E-state index is 12.4. The summed E-state index contributed by atoms with van der Waals surface area (Å²) >= 11 is 5.46. The minimum absolute atomic E-state index is 0.0961. The van der Waals surface area contributed by atoms with E-state index in [1.807, 2.05) is 75.6 Å². The first kappa shape index (κ1) is 53.4. The van der Waals surface area contributed by atoms with Gasteiger partial charge in [-0.05, 0) is 136 Å². The molecule has 16 heteroatoms. The molecule has 3 saturated heterocycles. The number of ether oxygens (including phenoxy) is 2. The lowest BCUT2D eigenvalue weighted by molar-refractivity contribution is -0.000424. The lowest BCUT2D eigenvalue weighted by Gasteiger charge is -2.40. The molecule has 0 unspecified atom stereocenters. The van der Waals surface area contributed by atoms with Gasteiger partial charge in [-0.1, -0.05) is 54.1 Å². The van der Waals surface area contributed by atoms with E-state index in [9.17, 15) is 9.59 Å². The van der Waals surface area contributed by atoms with Crippen molar-refractivity contribution in [3.63, 3.8) is 0 Å². The summed E-state index contributed by atoms with van der Waals surface area (Å²) in [6.07, 6.45) is 2.71. The number of carbonyl (C=O) groups excluding carboxylic acids is 2. The van der Waals surface area contributed by atoms with Gasteiger partial charge in [0.25, 0.3) is 0 Å². The van der Waals surface area contributed by atoms with E-state index in [0.717, 1.165) is 56.0 Å². The molecule has 3 aliphatic rings. The molecule has 3 fully saturated rings. The minimum atomic E-state index is -0.479. The Morgan fingerprint density at radius 3 is 1.76 bits per heavy atom. The van der Waals surface area contributed by atoms with E-state index in [-0.39, 0.29) is 42.6 Å². The summed E-state index contributed by atoms with van der Waals surface area (Å²) in [6, 6.07) is 25.5. The zero-order valence-corrected chi connectivity index (χ0v) is 42.6. The van der Waals surface area contributed by atoms with Crippen molar-refractivity contribution < 1.29 is 28.4 Å². The summed E-state index contributed by atoms with van der Waals surface area (Å²) in [5.74, 6) is 0. The van der Waals surface area contributed by atoms with Crippen molar-refractivity contribution >= 4 is 42.1 Å². The molecule has 0 saturated carbocycles. The highest BCUT2D eigenvalue weighted by molar-refractivity contribution is 6.62. The molecule has 4 aromatic rings. The quantitative estimate of drug-likeness (QED) is 0.104. The molecule has 2 aromatic heterocycles. The molecule has 0 bridgehead atoms. The second kappa shape index (κ2) is 22.7. The summed E-state index contributed by atoms with van der Waals surface area (Å²) < 4.78 is 23.5. The predicted molar refractivity (Wildman–Crippen MR) is 267 cm³/mol. The van der Waals surface area contributed by atoms with Gasteiger partial charge >= 0.3 is 19.3 Å². The van der Waals surface area contributed by atoms with E-state index in [4.69, 9.17) is 42.2 Å². The van der Waals surface area contributed by atoms with Crippen LogP contribution in [0.1, 0.15) is 99.8 Å². The van der Waals surface area contributed by atoms with E-state index in [1.165, 1.54) is 23.4 Å². The molecule has 0 aliphatic carbocycles. The number of rotatable bonds is 6. The number of hydrogen-bond donors (Lipinski definition) is 0. The number of aromatic nitrogens is 2. The highest BCUT2D eigenvalue weighted by atomic mass is 35.5. The minimum Gasteiger partial charge on any atom is -0.444 e. The molecular formula is C52H68BClN8O6. The maximum Gasteiger partial charge on any atom is 0.494 e. The van der Waals surface area contributed by atoms with Crippen LogP contribution < -0.4 is 5.46 Å². The van der Waals surface area contributed by atoms with Crippen LogP contribution >= 0.6 is 11.6 Å². The van der Waals surface area contributed by atoms with E-state index in [0.29, 0.717) is 29.5 Å². The SMILES string of the molecule is C[C@H]1CN(Cc2cccc(B3OC(C)(C)C(C)(C)O3)c2)CCN1C(=O)OC(C)(C)C.N#Cc1ccnc(Cl)c1.[C-]#[N+]c1ccnc(-c2cccc(CN3CCN(C(=O)OC(C)(C)C)[C@@H](C)C3)c2)c1. The molecule has 2 aromatic carbocycles. The van der Waals surface area contributed by atoms with Crippen LogP contribution in [0.25, 0.3) is 16.1 Å². The molecule has 14 nitrogen and oxygen atoms in total. The van der Waals surface area contributed by atoms with Gasteiger partial charge in [0.2, 0.25) is 0 Å². The average Bonchev–Trinajstić information content (AvgIpc) is 3.48. The largest absolute Gasteiger partial charge is 0.494 e. The third-order valence-corrected chi connectivity index (χ3v) is 12.1. The van der Waals surface area contributed by atoms with Crippen LogP contribution in [-0.2, 0) is 31.9 Å². The topological polar surface area (TPSA) is 138 Å². The molecule has 3 aliphatic heterocycles. The van der Waals surface area contributed by atoms with Crippen LogP contribution in [0.5, 0.6) is 0 Å². The molecule has 68 heavy (non-hydrogen) atoms. The lowest BCUT2D eigenvalue weighted by Crippen LogP contribution is -2.54. The van der Waals surface area contributed by atoms with Gasteiger partial charge in [0.05, 0.1) is 35.1 Å². The zero-order valence-electron chi connectivity index (χ0n) is 41.9. The van der Waals surface area contributed by atoms with Crippen LogP contribution in [0, 0.1) is 17.9 Å². The van der Waals surface area contributed by atoms with E-state index in [2.05, 4.69) is 103 Å². The first-order chi connectivity index (χ1) is 31.8. The fraction of sp³-hybridized carbons (Fsp3) is 0.500. The average molecular weight is 947 g/mol. The van der Waals surface area contributed by atoms with Crippen molar-refractivity contribution in [3.05, 3.63) is 118 Å². The fourth-order valence-electron chi connectivity index (χ4n) is 7.82. The van der Waals surface area contributed by atoms with Gasteiger partial charge in [-0.25, -0.2) is 19.4 Å². The smallest absolute Gasteiger partial charge is 0.444 e. The Bertz CT molecular complexity index is 2430. The number of nitriles is 1. The van der Waals surface area contributed by atoms with Crippen molar-refractivity contribution in [3.8, 4) is 17.3 Å². The van der Waals surface area contributed by atoms with E-state index >= 15 is 0 Å². The normalized spacial score (nSPS) is 19.3. The number of amides is 2. The Kier molecular flexibility index (Phi) is 17.8. The zero-order chi connectivity index (χ0) is 50.0. The number of pyridine rings is 2. The van der Waals surface area contributed by atoms with Crippen LogP contribution in [0.4, 0.5) is 15.3 Å². The molecular weight excluding hydrogens is 879 g/mol. The van der Waals surface area contributed by atoms with Gasteiger partial charge in [0.1, 0.15) is 16.4 Å². The summed E-state index contributed by atoms with van der Waals surface area (Å²) in [6.45, 7) is 37.2. The molecule has 362 valence electrons. The third-order valence-electron chi connectivity index (χ3n) is 11.9. The van der Waals surface area contributed by atoms with Crippen LogP contribution in [-0.4, -0.2) is 123 Å². The number of nitrogens with zero attached hydrogens (tertiary/aromatic N) is 8. The van der Waals surface area contributed by atoms with Gasteiger partial charge in [-0.2, -0.15) is 5.26 Å². The molecule has 0 radical (unpaired) electrons. The van der Waals surface area contributed by atoms with Gasteiger partial charge in [0, 0.05) is 76.8 Å². The van der Waals surface area contributed by atoms with Crippen molar-refractivity contribution in [2.45, 2.75) is 131 Å². The Morgan fingerprint density at radius 2 is 1.29 bits per heavy atom. The highest BCUT2D eigenvalue weighted by Crippen LogP contribution is 2.36. The van der Waals surface area contributed by atoms with Crippen LogP contribution in [0.3, 0.4) is 0 Å². The van der Waals surface area contributed by atoms with Crippen molar-refractivity contribution in [1.29, 1.82) is 5.26 Å². The first-order valence-corrected chi connectivity index (χ1v) is 23.6. The Hall–Kier alpha value is -5.55. The highest BCUT2D eigenvalue weighted by Gasteiger charge is 2.51. The summed E-state index contributed by atoms with van der Waals surface area (Å²) in [5.41, 5.74) is 4.76. The Balaban J connectivity index is 0.000000215. The molecule has 7 rings (SSSR count). The monoisotopic (exact) mass is 947 g/mol. The number of hydrogen-bond acceptors (Lipinski definition) is 11. The Labute approximate surface area is 409 Å². The number of carbonyl (C=O) groups is 2. The Morgan fingerprint density at radius 1 is 0.779 bits per heavy atom. The lowest BCUT2D eigenvalue weighted by atomic mass is 9.78. The van der Waals surface area contributed by atoms with Crippen LogP contribution in [0.2, 0.25) is 5.15 Å². The molecule has 5 heterocycles. The number of piperazine rings is 2. The van der Waals surface area contributed by atoms with Gasteiger partial charge < -0.3 is 28.6 Å². The van der Waals surface area contributed by atoms with Crippen molar-refractivity contribution in [2.75, 3.05) is 39.3 Å². The van der Waals surface area contributed by atoms with Crippen molar-refractivity contribution in [1.82, 2.24) is 29.6 Å². The summed E-state index contributed by atoms with van der Waals surface area (Å²) in [5, 5.41) is 8.68. The van der Waals surface area contributed by atoms with E-state index < -0.39 is 11.2 Å². The molecule has 0 spiro atoms. The number of benzene rings is 2. The van der Waals surface area contributed by atoms with Gasteiger partial charge in [-0.15, -0.1) is 0 Å². The van der Waals surface area contributed by atoms with Crippen LogP contribution in [0.15, 0.2) is 85.2 Å². The summed E-state index contributed by atoms with van der Waals surface area (Å²) in [7, 11) is -0.349. The maximum atomic E-state index is 12.4. The standard InChI is InChI=1S/C23H37BN2O4.C23H28N4O2.C6H3ClN2/c1-17-15-25(12-13-26(17)20(27)28-21(2,3)4)16-18-10-9-11-19(14-18)24-29-22(5,6)23(7,8)30-24;1-17-15-26(11-12-27(17)22(28)29-23(2,3)4)16-18-7-6-8-19(13-18)21-14-20(24-5)9-10-25-21;7-6-3-5(4-8)1-2-9-6/h9-11,14,17H,12-13,15-16H2,1-8H3;6-10,13-14,17H,11-12,15-16H2,1-4H3;1-3H/t2*17-;/m00./s1. The second-order valence-corrected chi connectivity index (χ2v) is 20.9. The van der Waals surface area contributed by atoms with E-state index in [1.54, 1.807) is 18.3 Å². The van der Waals surface area contributed by atoms with Gasteiger partial charge in [-0.3, -0.25) is 14.8 Å². The van der Waals surface area contributed by atoms with Crippen molar-refractivity contribution in [2.24, 2.45) is 0 Å². The molecule has 2 amide bonds. The predicted octanol–water partition coefficient (Wildman–Crippen LogP) is 9.77. The first-order valence-electron chi connectivity index (χ1n) is 23.2. The molecule has 0 N–H and O–H groups in total.